The summed E-state index contributed by atoms with van der Waals surface area (Å²) in [6.07, 6.45) is 0.901. The Kier molecular flexibility index (Phi) is 3.47. The Morgan fingerprint density at radius 2 is 1.90 bits per heavy atom. The molecule has 0 aliphatic carbocycles. The number of rotatable bonds is 3. The van der Waals surface area contributed by atoms with Crippen LogP contribution in [0.2, 0.25) is 0 Å². The van der Waals surface area contributed by atoms with Crippen LogP contribution in [0.15, 0.2) is 34.9 Å². The third-order valence-corrected chi connectivity index (χ3v) is 4.33. The molecule has 3 aromatic rings. The van der Waals surface area contributed by atoms with Gasteiger partial charge in [0.2, 0.25) is 0 Å². The number of anilines is 1. The van der Waals surface area contributed by atoms with Gasteiger partial charge in [-0.15, -0.1) is 11.3 Å². The van der Waals surface area contributed by atoms with E-state index in [9.17, 15) is 8.78 Å². The molecule has 0 unspecified atom stereocenters. The zero-order chi connectivity index (χ0) is 15.0. The van der Waals surface area contributed by atoms with Crippen molar-refractivity contribution in [1.29, 1.82) is 0 Å². The van der Waals surface area contributed by atoms with Crippen LogP contribution in [0, 0.1) is 11.6 Å². The van der Waals surface area contributed by atoms with Gasteiger partial charge < -0.3 is 10.3 Å². The van der Waals surface area contributed by atoms with E-state index < -0.39 is 11.6 Å². The van der Waals surface area contributed by atoms with E-state index in [4.69, 9.17) is 10.3 Å². The highest BCUT2D eigenvalue weighted by Crippen LogP contribution is 2.40. The molecule has 0 fully saturated rings. The molecular weight excluding hydrogens is 294 g/mol. The fraction of sp³-hybridized carbons (Fsp3) is 0.133. The summed E-state index contributed by atoms with van der Waals surface area (Å²) in [5.74, 6) is -0.794. The van der Waals surface area contributed by atoms with Crippen LogP contribution in [-0.4, -0.2) is 5.16 Å². The number of nitrogens with zero attached hydrogens (tertiary/aromatic N) is 1. The van der Waals surface area contributed by atoms with E-state index in [0.717, 1.165) is 17.4 Å². The van der Waals surface area contributed by atoms with E-state index in [-0.39, 0.29) is 5.82 Å². The SMILES string of the molecule is CCc1ccc(-c2onc(N)c2-c2cc(F)cc(F)c2)s1. The van der Waals surface area contributed by atoms with Gasteiger partial charge in [-0.25, -0.2) is 8.78 Å². The van der Waals surface area contributed by atoms with Crippen LogP contribution < -0.4 is 5.73 Å². The topological polar surface area (TPSA) is 52.0 Å². The number of benzene rings is 1. The van der Waals surface area contributed by atoms with Crippen LogP contribution in [0.1, 0.15) is 11.8 Å². The van der Waals surface area contributed by atoms with E-state index in [2.05, 4.69) is 5.16 Å². The third-order valence-electron chi connectivity index (χ3n) is 3.10. The van der Waals surface area contributed by atoms with Crippen molar-refractivity contribution in [2.75, 3.05) is 5.73 Å². The Balaban J connectivity index is 2.16. The van der Waals surface area contributed by atoms with E-state index >= 15 is 0 Å². The summed E-state index contributed by atoms with van der Waals surface area (Å²) < 4.78 is 32.1. The molecule has 0 aliphatic heterocycles. The van der Waals surface area contributed by atoms with E-state index in [1.54, 1.807) is 0 Å². The molecule has 0 aliphatic rings. The Bertz CT molecular complexity index is 775. The van der Waals surface area contributed by atoms with Gasteiger partial charge >= 0.3 is 0 Å². The molecule has 108 valence electrons. The Morgan fingerprint density at radius 1 is 1.19 bits per heavy atom. The van der Waals surface area contributed by atoms with Crippen molar-refractivity contribution in [2.24, 2.45) is 0 Å². The number of aryl methyl sites for hydroxylation is 1. The lowest BCUT2D eigenvalue weighted by Gasteiger charge is -2.02. The summed E-state index contributed by atoms with van der Waals surface area (Å²) in [5, 5.41) is 3.73. The van der Waals surface area contributed by atoms with Crippen molar-refractivity contribution in [1.82, 2.24) is 5.16 Å². The average molecular weight is 306 g/mol. The van der Waals surface area contributed by atoms with Gasteiger partial charge in [-0.05, 0) is 36.2 Å². The molecule has 0 spiro atoms. The molecule has 0 saturated carbocycles. The van der Waals surface area contributed by atoms with Gasteiger partial charge in [0.05, 0.1) is 10.4 Å². The van der Waals surface area contributed by atoms with Gasteiger partial charge in [0.15, 0.2) is 11.6 Å². The smallest absolute Gasteiger partial charge is 0.186 e. The van der Waals surface area contributed by atoms with Gasteiger partial charge in [-0.2, -0.15) is 0 Å². The van der Waals surface area contributed by atoms with Crippen LogP contribution in [-0.2, 0) is 6.42 Å². The van der Waals surface area contributed by atoms with Crippen molar-refractivity contribution in [3.05, 3.63) is 46.8 Å². The summed E-state index contributed by atoms with van der Waals surface area (Å²) in [7, 11) is 0. The Morgan fingerprint density at radius 3 is 2.52 bits per heavy atom. The molecular formula is C15H12F2N2OS. The maximum atomic E-state index is 13.4. The predicted molar refractivity (Wildman–Crippen MR) is 79.0 cm³/mol. The van der Waals surface area contributed by atoms with Crippen molar-refractivity contribution < 1.29 is 13.3 Å². The first-order chi connectivity index (χ1) is 10.1. The number of nitrogen functional groups attached to an aromatic ring is 1. The lowest BCUT2D eigenvalue weighted by molar-refractivity contribution is 0.437. The van der Waals surface area contributed by atoms with E-state index in [1.807, 2.05) is 19.1 Å². The molecule has 3 nitrogen and oxygen atoms in total. The summed E-state index contributed by atoms with van der Waals surface area (Å²) >= 11 is 1.54. The number of halogens is 2. The normalized spacial score (nSPS) is 11.0. The zero-order valence-corrected chi connectivity index (χ0v) is 12.0. The Labute approximate surface area is 124 Å². The van der Waals surface area contributed by atoms with Crippen LogP contribution >= 0.6 is 11.3 Å². The van der Waals surface area contributed by atoms with Crippen LogP contribution in [0.5, 0.6) is 0 Å². The lowest BCUT2D eigenvalue weighted by Crippen LogP contribution is -1.90. The summed E-state index contributed by atoms with van der Waals surface area (Å²) in [6, 6.07) is 7.11. The number of aromatic nitrogens is 1. The molecule has 2 aromatic heterocycles. The molecule has 3 rings (SSSR count). The molecule has 0 radical (unpaired) electrons. The molecule has 2 N–H and O–H groups in total. The maximum absolute atomic E-state index is 13.4. The standard InChI is InChI=1S/C15H12F2N2OS/c1-2-11-3-4-12(21-11)14-13(15(18)19-20-14)8-5-9(16)7-10(17)6-8/h3-7H,2H2,1H3,(H2,18,19). The highest BCUT2D eigenvalue weighted by Gasteiger charge is 2.20. The molecule has 1 aromatic carbocycles. The molecule has 0 atom stereocenters. The number of nitrogens with two attached hydrogens (primary N) is 1. The summed E-state index contributed by atoms with van der Waals surface area (Å²) in [4.78, 5) is 2.01. The van der Waals surface area contributed by atoms with Crippen LogP contribution in [0.3, 0.4) is 0 Å². The van der Waals surface area contributed by atoms with E-state index in [1.165, 1.54) is 28.3 Å². The third kappa shape index (κ3) is 2.54. The fourth-order valence-corrected chi connectivity index (χ4v) is 3.07. The minimum atomic E-state index is -0.669. The minimum absolute atomic E-state index is 0.112. The van der Waals surface area contributed by atoms with Gasteiger partial charge in [-0.3, -0.25) is 0 Å². The molecule has 0 saturated heterocycles. The average Bonchev–Trinajstić information content (AvgIpc) is 3.03. The number of thiophene rings is 1. The second-order valence-electron chi connectivity index (χ2n) is 4.55. The molecule has 0 amide bonds. The summed E-state index contributed by atoms with van der Waals surface area (Å²) in [6.45, 7) is 2.05. The Hall–Kier alpha value is -2.21. The first kappa shape index (κ1) is 13.8. The van der Waals surface area contributed by atoms with Crippen LogP contribution in [0.25, 0.3) is 21.8 Å². The van der Waals surface area contributed by atoms with Crippen molar-refractivity contribution >= 4 is 17.2 Å². The van der Waals surface area contributed by atoms with Gasteiger partial charge in [0.1, 0.15) is 11.6 Å². The largest absolute Gasteiger partial charge is 0.380 e. The monoisotopic (exact) mass is 306 g/mol. The predicted octanol–water partition coefficient (Wildman–Crippen LogP) is 4.49. The zero-order valence-electron chi connectivity index (χ0n) is 11.2. The molecule has 2 heterocycles. The van der Waals surface area contributed by atoms with E-state index in [0.29, 0.717) is 16.9 Å². The quantitative estimate of drug-likeness (QED) is 0.775. The number of hydrogen-bond acceptors (Lipinski definition) is 4. The van der Waals surface area contributed by atoms with Crippen molar-refractivity contribution in [3.8, 4) is 21.8 Å². The molecule has 6 heteroatoms. The second kappa shape index (κ2) is 5.29. The fourth-order valence-electron chi connectivity index (χ4n) is 2.14. The van der Waals surface area contributed by atoms with Gasteiger partial charge in [0.25, 0.3) is 0 Å². The van der Waals surface area contributed by atoms with Crippen molar-refractivity contribution in [2.45, 2.75) is 13.3 Å². The second-order valence-corrected chi connectivity index (χ2v) is 5.72. The first-order valence-electron chi connectivity index (χ1n) is 6.39. The maximum Gasteiger partial charge on any atom is 0.186 e. The van der Waals surface area contributed by atoms with Gasteiger partial charge in [0, 0.05) is 10.9 Å². The highest BCUT2D eigenvalue weighted by molar-refractivity contribution is 7.15. The summed E-state index contributed by atoms with van der Waals surface area (Å²) in [5.41, 5.74) is 6.53. The van der Waals surface area contributed by atoms with Crippen molar-refractivity contribution in [3.63, 3.8) is 0 Å². The van der Waals surface area contributed by atoms with Gasteiger partial charge in [-0.1, -0.05) is 12.1 Å². The molecule has 21 heavy (non-hydrogen) atoms. The van der Waals surface area contributed by atoms with Crippen LogP contribution in [0.4, 0.5) is 14.6 Å². The first-order valence-corrected chi connectivity index (χ1v) is 7.21. The highest BCUT2D eigenvalue weighted by atomic mass is 32.1. The minimum Gasteiger partial charge on any atom is -0.380 e. The lowest BCUT2D eigenvalue weighted by atomic mass is 10.0. The number of hydrogen-bond donors (Lipinski definition) is 1. The molecule has 0 bridgehead atoms.